The van der Waals surface area contributed by atoms with Gasteiger partial charge in [0.25, 0.3) is 5.91 Å². The van der Waals surface area contributed by atoms with E-state index in [0.29, 0.717) is 17.1 Å². The molecule has 0 fully saturated rings. The minimum atomic E-state index is -0.873. The molecule has 1 unspecified atom stereocenters. The van der Waals surface area contributed by atoms with Crippen molar-refractivity contribution in [3.05, 3.63) is 24.2 Å². The molecule has 0 aliphatic carbocycles. The van der Waals surface area contributed by atoms with E-state index < -0.39 is 11.8 Å². The van der Waals surface area contributed by atoms with Crippen LogP contribution < -0.4 is 4.74 Å². The first-order valence-corrected chi connectivity index (χ1v) is 4.81. The monoisotopic (exact) mass is 228 g/mol. The molecule has 1 aromatic rings. The van der Waals surface area contributed by atoms with E-state index in [1.54, 1.807) is 0 Å². The smallest absolute Gasteiger partial charge is 0.266 e. The summed E-state index contributed by atoms with van der Waals surface area (Å²) < 4.78 is 5.05. The number of methoxy groups -OCH3 is 1. The van der Waals surface area contributed by atoms with E-state index in [2.05, 4.69) is 15.0 Å². The summed E-state index contributed by atoms with van der Waals surface area (Å²) in [5, 5.41) is 8.80. The number of dihydropyridines is 1. The lowest BCUT2D eigenvalue weighted by atomic mass is 10.0. The predicted molar refractivity (Wildman–Crippen MR) is 59.2 cm³/mol. The van der Waals surface area contributed by atoms with Gasteiger partial charge < -0.3 is 4.74 Å². The molecule has 0 spiro atoms. The van der Waals surface area contributed by atoms with Crippen LogP contribution in [0.3, 0.4) is 0 Å². The number of nitriles is 1. The highest BCUT2D eigenvalue weighted by Gasteiger charge is 2.21. The van der Waals surface area contributed by atoms with E-state index in [1.165, 1.54) is 31.8 Å². The van der Waals surface area contributed by atoms with E-state index in [1.807, 2.05) is 6.07 Å². The molecule has 1 amide bonds. The van der Waals surface area contributed by atoms with Crippen LogP contribution in [-0.2, 0) is 4.79 Å². The molecule has 0 aromatic carbocycles. The van der Waals surface area contributed by atoms with Crippen LogP contribution in [0.4, 0.5) is 0 Å². The standard InChI is InChI=1S/C11H8N4O2/c1-17-11-9(13-2-3-14-11)8-4-7(5-12)10(16)15-6-8/h2-4,6-7H,1H3. The first kappa shape index (κ1) is 11.0. The Morgan fingerprint density at radius 2 is 2.18 bits per heavy atom. The molecule has 0 saturated carbocycles. The average Bonchev–Trinajstić information content (AvgIpc) is 2.39. The number of allylic oxidation sites excluding steroid dienone is 1. The van der Waals surface area contributed by atoms with Gasteiger partial charge in [0.05, 0.1) is 13.2 Å². The van der Waals surface area contributed by atoms with Gasteiger partial charge >= 0.3 is 0 Å². The van der Waals surface area contributed by atoms with Crippen LogP contribution >= 0.6 is 0 Å². The van der Waals surface area contributed by atoms with Crippen LogP contribution in [-0.4, -0.2) is 29.2 Å². The second kappa shape index (κ2) is 4.53. The SMILES string of the molecule is COc1nccnc1C1=CC(C#N)C(=O)N=C1. The average molecular weight is 228 g/mol. The zero-order chi connectivity index (χ0) is 12.3. The summed E-state index contributed by atoms with van der Waals surface area (Å²) in [4.78, 5) is 22.9. The van der Waals surface area contributed by atoms with Crippen molar-refractivity contribution in [2.75, 3.05) is 7.11 Å². The summed E-state index contributed by atoms with van der Waals surface area (Å²) in [6, 6.07) is 1.86. The van der Waals surface area contributed by atoms with E-state index in [-0.39, 0.29) is 0 Å². The molecule has 84 valence electrons. The lowest BCUT2D eigenvalue weighted by Gasteiger charge is -2.10. The first-order valence-electron chi connectivity index (χ1n) is 4.81. The molecule has 17 heavy (non-hydrogen) atoms. The Labute approximate surface area is 97.3 Å². The van der Waals surface area contributed by atoms with Crippen molar-refractivity contribution in [2.24, 2.45) is 10.9 Å². The molecular formula is C11H8N4O2. The van der Waals surface area contributed by atoms with Crippen LogP contribution in [0.1, 0.15) is 5.69 Å². The van der Waals surface area contributed by atoms with Crippen LogP contribution in [0.2, 0.25) is 0 Å². The Balaban J connectivity index is 2.45. The molecule has 2 heterocycles. The van der Waals surface area contributed by atoms with E-state index in [4.69, 9.17) is 10.00 Å². The van der Waals surface area contributed by atoms with Crippen molar-refractivity contribution in [3.8, 4) is 11.9 Å². The number of carbonyl (C=O) groups is 1. The molecular weight excluding hydrogens is 220 g/mol. The maximum absolute atomic E-state index is 11.2. The number of nitrogens with zero attached hydrogens (tertiary/aromatic N) is 4. The minimum absolute atomic E-state index is 0.330. The molecule has 1 aliphatic rings. The Morgan fingerprint density at radius 1 is 1.41 bits per heavy atom. The van der Waals surface area contributed by atoms with Gasteiger partial charge in [-0.25, -0.2) is 15.0 Å². The van der Waals surface area contributed by atoms with Crippen molar-refractivity contribution in [3.63, 3.8) is 0 Å². The van der Waals surface area contributed by atoms with Crippen molar-refractivity contribution < 1.29 is 9.53 Å². The first-order chi connectivity index (χ1) is 8.26. The molecule has 1 aliphatic heterocycles. The number of rotatable bonds is 2. The summed E-state index contributed by atoms with van der Waals surface area (Å²) in [6.07, 6.45) is 5.87. The highest BCUT2D eigenvalue weighted by molar-refractivity contribution is 6.16. The molecule has 6 nitrogen and oxygen atoms in total. The van der Waals surface area contributed by atoms with Crippen LogP contribution in [0.5, 0.6) is 5.88 Å². The van der Waals surface area contributed by atoms with Crippen molar-refractivity contribution in [1.82, 2.24) is 9.97 Å². The number of ether oxygens (including phenoxy) is 1. The molecule has 0 radical (unpaired) electrons. The minimum Gasteiger partial charge on any atom is -0.479 e. The van der Waals surface area contributed by atoms with Crippen LogP contribution in [0.15, 0.2) is 23.5 Å². The Hall–Kier alpha value is -2.55. The summed E-state index contributed by atoms with van der Waals surface area (Å²) in [6.45, 7) is 0. The Bertz CT molecular complexity index is 557. The largest absolute Gasteiger partial charge is 0.479 e. The normalized spacial score (nSPS) is 18.5. The fraction of sp³-hybridized carbons (Fsp3) is 0.182. The summed E-state index contributed by atoms with van der Waals surface area (Å²) in [5.74, 6) is -1.02. The van der Waals surface area contributed by atoms with Gasteiger partial charge in [-0.15, -0.1) is 0 Å². The lowest BCUT2D eigenvalue weighted by molar-refractivity contribution is -0.118. The van der Waals surface area contributed by atoms with Gasteiger partial charge in [0.1, 0.15) is 11.6 Å². The molecule has 1 aromatic heterocycles. The quantitative estimate of drug-likeness (QED) is 0.740. The van der Waals surface area contributed by atoms with Crippen LogP contribution in [0.25, 0.3) is 5.57 Å². The van der Waals surface area contributed by atoms with Crippen molar-refractivity contribution >= 4 is 17.7 Å². The predicted octanol–water partition coefficient (Wildman–Crippen LogP) is 0.619. The third kappa shape index (κ3) is 2.03. The number of hydrogen-bond acceptors (Lipinski definition) is 5. The number of carbonyl (C=O) groups excluding carboxylic acids is 1. The van der Waals surface area contributed by atoms with Gasteiger partial charge in [-0.1, -0.05) is 0 Å². The van der Waals surface area contributed by atoms with Gasteiger partial charge in [0, 0.05) is 24.2 Å². The fourth-order valence-corrected chi connectivity index (χ4v) is 1.41. The number of aliphatic imine (C=N–C) groups is 1. The third-order valence-corrected chi connectivity index (χ3v) is 2.21. The summed E-state index contributed by atoms with van der Waals surface area (Å²) in [7, 11) is 1.47. The number of amides is 1. The van der Waals surface area contributed by atoms with Crippen LogP contribution in [0, 0.1) is 17.2 Å². The highest BCUT2D eigenvalue weighted by Crippen LogP contribution is 2.23. The molecule has 0 saturated heterocycles. The Kier molecular flexibility index (Phi) is 2.92. The van der Waals surface area contributed by atoms with E-state index in [0.717, 1.165) is 0 Å². The Morgan fingerprint density at radius 3 is 2.88 bits per heavy atom. The van der Waals surface area contributed by atoms with Gasteiger partial charge in [-0.3, -0.25) is 4.79 Å². The van der Waals surface area contributed by atoms with Gasteiger partial charge in [-0.05, 0) is 6.08 Å². The molecule has 6 heteroatoms. The fourth-order valence-electron chi connectivity index (χ4n) is 1.41. The molecule has 2 rings (SSSR count). The zero-order valence-corrected chi connectivity index (χ0v) is 8.99. The number of hydrogen-bond donors (Lipinski definition) is 0. The zero-order valence-electron chi connectivity index (χ0n) is 8.99. The topological polar surface area (TPSA) is 88.2 Å². The molecule has 1 atom stereocenters. The second-order valence-electron chi connectivity index (χ2n) is 3.24. The van der Waals surface area contributed by atoms with Crippen molar-refractivity contribution in [1.29, 1.82) is 5.26 Å². The second-order valence-corrected chi connectivity index (χ2v) is 3.24. The maximum atomic E-state index is 11.2. The van der Waals surface area contributed by atoms with Gasteiger partial charge in [-0.2, -0.15) is 5.26 Å². The molecule has 0 N–H and O–H groups in total. The lowest BCUT2D eigenvalue weighted by Crippen LogP contribution is -2.13. The third-order valence-electron chi connectivity index (χ3n) is 2.21. The highest BCUT2D eigenvalue weighted by atomic mass is 16.5. The van der Waals surface area contributed by atoms with E-state index >= 15 is 0 Å². The summed E-state index contributed by atoms with van der Waals surface area (Å²) in [5.41, 5.74) is 1.02. The van der Waals surface area contributed by atoms with E-state index in [9.17, 15) is 4.79 Å². The van der Waals surface area contributed by atoms with Gasteiger partial charge in [0.15, 0.2) is 0 Å². The van der Waals surface area contributed by atoms with Gasteiger partial charge in [0.2, 0.25) is 5.88 Å². The molecule has 0 bridgehead atoms. The van der Waals surface area contributed by atoms with Crippen molar-refractivity contribution in [2.45, 2.75) is 0 Å². The summed E-state index contributed by atoms with van der Waals surface area (Å²) >= 11 is 0. The maximum Gasteiger partial charge on any atom is 0.266 e. The number of aromatic nitrogens is 2.